The first-order chi connectivity index (χ1) is 7.20. The molecule has 0 unspecified atom stereocenters. The number of nitrogens with zero attached hydrogens (tertiary/aromatic N) is 2. The lowest BCUT2D eigenvalue weighted by atomic mass is 10.0. The molecular weight excluding hydrogens is 190 g/mol. The fourth-order valence-corrected chi connectivity index (χ4v) is 1.51. The van der Waals surface area contributed by atoms with Crippen LogP contribution in [0.4, 0.5) is 5.82 Å². The van der Waals surface area contributed by atoms with Crippen LogP contribution in [-0.4, -0.2) is 10.1 Å². The molecule has 0 spiro atoms. The molecule has 0 atom stereocenters. The van der Waals surface area contributed by atoms with Gasteiger partial charge in [0.15, 0.2) is 5.82 Å². The minimum Gasteiger partial charge on any atom is -0.380 e. The summed E-state index contributed by atoms with van der Waals surface area (Å²) >= 11 is 0. The number of nitrogen functional groups attached to an aromatic ring is 1. The van der Waals surface area contributed by atoms with E-state index in [-0.39, 0.29) is 5.92 Å². The maximum Gasteiger partial charge on any atom is 0.175 e. The molecule has 0 amide bonds. The fourth-order valence-electron chi connectivity index (χ4n) is 1.51. The number of rotatable bonds is 2. The Morgan fingerprint density at radius 3 is 2.80 bits per heavy atom. The van der Waals surface area contributed by atoms with Gasteiger partial charge >= 0.3 is 0 Å². The molecule has 0 fully saturated rings. The van der Waals surface area contributed by atoms with Crippen LogP contribution in [0.3, 0.4) is 0 Å². The summed E-state index contributed by atoms with van der Waals surface area (Å²) in [6.45, 7) is 4.08. The van der Waals surface area contributed by atoms with Crippen molar-refractivity contribution in [2.75, 3.05) is 5.73 Å². The Balaban J connectivity index is 2.57. The third kappa shape index (κ3) is 1.70. The van der Waals surface area contributed by atoms with Crippen molar-refractivity contribution in [3.8, 4) is 11.1 Å². The molecule has 0 saturated heterocycles. The summed E-state index contributed by atoms with van der Waals surface area (Å²) in [4.78, 5) is 4.06. The monoisotopic (exact) mass is 203 g/mol. The lowest BCUT2D eigenvalue weighted by molar-refractivity contribution is 0.374. The summed E-state index contributed by atoms with van der Waals surface area (Å²) in [6.07, 6.45) is 3.48. The SMILES string of the molecule is CC(C)c1onc(N)c1-c1cccnc1. The zero-order valence-corrected chi connectivity index (χ0v) is 8.77. The molecule has 0 aliphatic rings. The fraction of sp³-hybridized carbons (Fsp3) is 0.273. The molecule has 0 saturated carbocycles. The van der Waals surface area contributed by atoms with Crippen molar-refractivity contribution in [3.63, 3.8) is 0 Å². The summed E-state index contributed by atoms with van der Waals surface area (Å²) in [5, 5.41) is 3.79. The normalized spacial score (nSPS) is 10.9. The van der Waals surface area contributed by atoms with Gasteiger partial charge in [-0.15, -0.1) is 0 Å². The van der Waals surface area contributed by atoms with E-state index in [9.17, 15) is 0 Å². The van der Waals surface area contributed by atoms with Crippen LogP contribution in [0.15, 0.2) is 29.0 Å². The Labute approximate surface area is 88.1 Å². The molecule has 4 heteroatoms. The van der Waals surface area contributed by atoms with E-state index in [1.165, 1.54) is 0 Å². The van der Waals surface area contributed by atoms with E-state index < -0.39 is 0 Å². The van der Waals surface area contributed by atoms with E-state index in [2.05, 4.69) is 10.1 Å². The topological polar surface area (TPSA) is 64.9 Å². The second-order valence-electron chi connectivity index (χ2n) is 3.70. The highest BCUT2D eigenvalue weighted by Gasteiger charge is 2.18. The van der Waals surface area contributed by atoms with Crippen LogP contribution in [-0.2, 0) is 0 Å². The van der Waals surface area contributed by atoms with Crippen LogP contribution in [0.1, 0.15) is 25.5 Å². The highest BCUT2D eigenvalue weighted by atomic mass is 16.5. The second kappa shape index (κ2) is 3.73. The molecule has 0 bridgehead atoms. The molecule has 2 N–H and O–H groups in total. The molecular formula is C11H13N3O. The third-order valence-electron chi connectivity index (χ3n) is 2.22. The van der Waals surface area contributed by atoms with E-state index in [1.807, 2.05) is 26.0 Å². The van der Waals surface area contributed by atoms with Gasteiger partial charge in [-0.05, 0) is 6.07 Å². The van der Waals surface area contributed by atoms with E-state index in [0.29, 0.717) is 5.82 Å². The largest absolute Gasteiger partial charge is 0.380 e. The van der Waals surface area contributed by atoms with Gasteiger partial charge in [0.1, 0.15) is 5.76 Å². The zero-order valence-electron chi connectivity index (χ0n) is 8.77. The average Bonchev–Trinajstić information content (AvgIpc) is 2.61. The number of hydrogen-bond acceptors (Lipinski definition) is 4. The van der Waals surface area contributed by atoms with Crippen molar-refractivity contribution in [2.45, 2.75) is 19.8 Å². The zero-order chi connectivity index (χ0) is 10.8. The van der Waals surface area contributed by atoms with Gasteiger partial charge in [0.25, 0.3) is 0 Å². The van der Waals surface area contributed by atoms with Crippen molar-refractivity contribution < 1.29 is 4.52 Å². The second-order valence-corrected chi connectivity index (χ2v) is 3.70. The van der Waals surface area contributed by atoms with E-state index in [4.69, 9.17) is 10.3 Å². The molecule has 2 heterocycles. The predicted octanol–water partition coefficient (Wildman–Crippen LogP) is 2.44. The van der Waals surface area contributed by atoms with E-state index >= 15 is 0 Å². The standard InChI is InChI=1S/C11H13N3O/c1-7(2)10-9(11(12)14-15-10)8-4-3-5-13-6-8/h3-7H,1-2H3,(H2,12,14). The highest BCUT2D eigenvalue weighted by Crippen LogP contribution is 2.33. The lowest BCUT2D eigenvalue weighted by Gasteiger charge is -2.03. The van der Waals surface area contributed by atoms with Gasteiger partial charge < -0.3 is 10.3 Å². The maximum atomic E-state index is 5.78. The van der Waals surface area contributed by atoms with Gasteiger partial charge in [0.2, 0.25) is 0 Å². The number of nitrogens with two attached hydrogens (primary N) is 1. The molecule has 0 aromatic carbocycles. The Hall–Kier alpha value is -1.84. The Bertz CT molecular complexity index is 448. The van der Waals surface area contributed by atoms with Gasteiger partial charge in [-0.2, -0.15) is 0 Å². The van der Waals surface area contributed by atoms with Crippen molar-refractivity contribution in [1.82, 2.24) is 10.1 Å². The first-order valence-corrected chi connectivity index (χ1v) is 4.85. The van der Waals surface area contributed by atoms with Crippen molar-refractivity contribution in [3.05, 3.63) is 30.3 Å². The molecule has 15 heavy (non-hydrogen) atoms. The maximum absolute atomic E-state index is 5.78. The summed E-state index contributed by atoms with van der Waals surface area (Å²) in [5.74, 6) is 1.48. The van der Waals surface area contributed by atoms with Crippen molar-refractivity contribution >= 4 is 5.82 Å². The molecule has 0 aliphatic heterocycles. The first-order valence-electron chi connectivity index (χ1n) is 4.85. The molecule has 78 valence electrons. The predicted molar refractivity (Wildman–Crippen MR) is 58.2 cm³/mol. The highest BCUT2D eigenvalue weighted by molar-refractivity contribution is 5.75. The lowest BCUT2D eigenvalue weighted by Crippen LogP contribution is -1.92. The van der Waals surface area contributed by atoms with Crippen LogP contribution < -0.4 is 5.73 Å². The minimum absolute atomic E-state index is 0.255. The van der Waals surface area contributed by atoms with Crippen LogP contribution in [0.5, 0.6) is 0 Å². The van der Waals surface area contributed by atoms with Crippen LogP contribution >= 0.6 is 0 Å². The molecule has 0 radical (unpaired) electrons. The van der Waals surface area contributed by atoms with Gasteiger partial charge in [-0.3, -0.25) is 4.98 Å². The summed E-state index contributed by atoms with van der Waals surface area (Å²) in [7, 11) is 0. The molecule has 2 aromatic heterocycles. The van der Waals surface area contributed by atoms with Crippen molar-refractivity contribution in [2.24, 2.45) is 0 Å². The summed E-state index contributed by atoms with van der Waals surface area (Å²) < 4.78 is 5.21. The van der Waals surface area contributed by atoms with Crippen LogP contribution in [0.25, 0.3) is 11.1 Å². The number of pyridine rings is 1. The molecule has 2 rings (SSSR count). The molecule has 2 aromatic rings. The number of aromatic nitrogens is 2. The summed E-state index contributed by atoms with van der Waals surface area (Å²) in [6, 6.07) is 3.81. The average molecular weight is 203 g/mol. The molecule has 4 nitrogen and oxygen atoms in total. The minimum atomic E-state index is 0.255. The van der Waals surface area contributed by atoms with Crippen LogP contribution in [0, 0.1) is 0 Å². The number of hydrogen-bond donors (Lipinski definition) is 1. The van der Waals surface area contributed by atoms with Crippen LogP contribution in [0.2, 0.25) is 0 Å². The first kappa shape index (κ1) is 9.71. The van der Waals surface area contributed by atoms with Gasteiger partial charge in [-0.25, -0.2) is 0 Å². The van der Waals surface area contributed by atoms with Gasteiger partial charge in [0.05, 0.1) is 5.56 Å². The summed E-state index contributed by atoms with van der Waals surface area (Å²) in [5.41, 5.74) is 7.58. The smallest absolute Gasteiger partial charge is 0.175 e. The Morgan fingerprint density at radius 1 is 1.40 bits per heavy atom. The Morgan fingerprint density at radius 2 is 2.20 bits per heavy atom. The van der Waals surface area contributed by atoms with E-state index in [1.54, 1.807) is 12.4 Å². The molecule has 0 aliphatic carbocycles. The van der Waals surface area contributed by atoms with Gasteiger partial charge in [0, 0.05) is 23.9 Å². The third-order valence-corrected chi connectivity index (χ3v) is 2.22. The quantitative estimate of drug-likeness (QED) is 0.814. The van der Waals surface area contributed by atoms with Crippen molar-refractivity contribution in [1.29, 1.82) is 0 Å². The van der Waals surface area contributed by atoms with Gasteiger partial charge in [-0.1, -0.05) is 25.1 Å². The Kier molecular flexibility index (Phi) is 2.41. The number of anilines is 1. The van der Waals surface area contributed by atoms with E-state index in [0.717, 1.165) is 16.9 Å².